The summed E-state index contributed by atoms with van der Waals surface area (Å²) in [5.74, 6) is 6.51. The van der Waals surface area contributed by atoms with Crippen molar-refractivity contribution in [2.45, 2.75) is 29.4 Å². The summed E-state index contributed by atoms with van der Waals surface area (Å²) < 4.78 is 24.9. The van der Waals surface area contributed by atoms with E-state index in [0.717, 1.165) is 31.5 Å². The fraction of sp³-hybridized carbons (Fsp3) is 0.364. The number of rotatable bonds is 6. The van der Waals surface area contributed by atoms with E-state index in [2.05, 4.69) is 51.8 Å². The number of anilines is 1. The number of piperidine rings is 1. The molecular formula is C22H26N2O2S2. The maximum atomic E-state index is 11.2. The molecule has 28 heavy (non-hydrogen) atoms. The number of likely N-dealkylation sites (tertiary alicyclic amines) is 1. The van der Waals surface area contributed by atoms with Gasteiger partial charge in [0.15, 0.2) is 0 Å². The molecule has 1 aliphatic heterocycles. The first kappa shape index (κ1) is 20.8. The van der Waals surface area contributed by atoms with Crippen molar-refractivity contribution in [1.82, 2.24) is 4.90 Å². The first-order valence-corrected chi connectivity index (χ1v) is 12.2. The lowest BCUT2D eigenvalue weighted by Gasteiger charge is -2.30. The molecule has 0 spiro atoms. The molecule has 0 saturated carbocycles. The number of thioether (sulfide) groups is 1. The summed E-state index contributed by atoms with van der Waals surface area (Å²) in [5.41, 5.74) is 1.67. The summed E-state index contributed by atoms with van der Waals surface area (Å²) in [6, 6.07) is 18.0. The molecule has 1 aliphatic rings. The number of nitrogens with zero attached hydrogens (tertiary/aromatic N) is 1. The quantitative estimate of drug-likeness (QED) is 0.729. The molecule has 1 saturated heterocycles. The Bertz CT molecular complexity index is 909. The van der Waals surface area contributed by atoms with Crippen LogP contribution in [0.2, 0.25) is 0 Å². The van der Waals surface area contributed by atoms with Crippen LogP contribution in [0.5, 0.6) is 0 Å². The van der Waals surface area contributed by atoms with Gasteiger partial charge < -0.3 is 0 Å². The summed E-state index contributed by atoms with van der Waals surface area (Å²) in [6.45, 7) is 3.02. The highest BCUT2D eigenvalue weighted by atomic mass is 32.2. The Balaban J connectivity index is 1.38. The van der Waals surface area contributed by atoms with Gasteiger partial charge >= 0.3 is 0 Å². The predicted molar refractivity (Wildman–Crippen MR) is 118 cm³/mol. The molecule has 0 bridgehead atoms. The number of hydrogen-bond acceptors (Lipinski definition) is 4. The highest BCUT2D eigenvalue weighted by Crippen LogP contribution is 2.29. The van der Waals surface area contributed by atoms with Crippen LogP contribution in [0.1, 0.15) is 18.4 Å². The van der Waals surface area contributed by atoms with E-state index in [1.165, 1.54) is 17.7 Å². The molecule has 0 aromatic heterocycles. The number of nitrogens with one attached hydrogen (secondary N) is 1. The average Bonchev–Trinajstić information content (AvgIpc) is 2.67. The summed E-state index contributed by atoms with van der Waals surface area (Å²) in [6.07, 6.45) is 4.24. The second-order valence-corrected chi connectivity index (χ2v) is 10.1. The van der Waals surface area contributed by atoms with E-state index in [0.29, 0.717) is 17.4 Å². The van der Waals surface area contributed by atoms with Gasteiger partial charge in [0.25, 0.3) is 0 Å². The minimum atomic E-state index is -3.23. The van der Waals surface area contributed by atoms with Gasteiger partial charge in [0.05, 0.1) is 12.8 Å². The average molecular weight is 415 g/mol. The minimum absolute atomic E-state index is 0.579. The number of sulfonamides is 1. The van der Waals surface area contributed by atoms with E-state index in [9.17, 15) is 8.42 Å². The van der Waals surface area contributed by atoms with Crippen LogP contribution >= 0.6 is 11.8 Å². The van der Waals surface area contributed by atoms with E-state index in [4.69, 9.17) is 0 Å². The Labute approximate surface area is 172 Å². The fourth-order valence-corrected chi connectivity index (χ4v) is 4.82. The third kappa shape index (κ3) is 7.23. The normalized spacial score (nSPS) is 15.6. The van der Waals surface area contributed by atoms with Crippen molar-refractivity contribution in [3.63, 3.8) is 0 Å². The number of hydrogen-bond donors (Lipinski definition) is 1. The highest BCUT2D eigenvalue weighted by molar-refractivity contribution is 8.00. The van der Waals surface area contributed by atoms with Gasteiger partial charge in [-0.1, -0.05) is 42.2 Å². The van der Waals surface area contributed by atoms with Gasteiger partial charge in [-0.15, -0.1) is 11.8 Å². The SMILES string of the molecule is CS(=O)(=O)Nc1ccc(CC#CCN2CCC(Sc3ccccc3)CC2)cc1. The lowest BCUT2D eigenvalue weighted by molar-refractivity contribution is 0.259. The lowest BCUT2D eigenvalue weighted by atomic mass is 10.1. The second kappa shape index (κ2) is 10.0. The topological polar surface area (TPSA) is 49.4 Å². The predicted octanol–water partition coefficient (Wildman–Crippen LogP) is 3.86. The molecule has 1 N–H and O–H groups in total. The Kier molecular flexibility index (Phi) is 7.43. The molecule has 6 heteroatoms. The van der Waals surface area contributed by atoms with Gasteiger partial charge in [0.1, 0.15) is 0 Å². The monoisotopic (exact) mass is 414 g/mol. The molecule has 1 fully saturated rings. The van der Waals surface area contributed by atoms with Crippen LogP contribution in [0.15, 0.2) is 59.5 Å². The Morgan fingerprint density at radius 3 is 2.36 bits per heavy atom. The molecule has 2 aromatic rings. The molecule has 4 nitrogen and oxygen atoms in total. The largest absolute Gasteiger partial charge is 0.292 e. The molecule has 3 rings (SSSR count). The van der Waals surface area contributed by atoms with Crippen LogP contribution in [0.25, 0.3) is 0 Å². The van der Waals surface area contributed by atoms with Crippen molar-refractivity contribution in [1.29, 1.82) is 0 Å². The molecule has 0 unspecified atom stereocenters. The molecular weight excluding hydrogens is 388 g/mol. The van der Waals surface area contributed by atoms with Gasteiger partial charge in [0.2, 0.25) is 10.0 Å². The summed E-state index contributed by atoms with van der Waals surface area (Å²) in [7, 11) is -3.23. The Hall–Kier alpha value is -1.94. The van der Waals surface area contributed by atoms with Gasteiger partial charge in [-0.2, -0.15) is 0 Å². The van der Waals surface area contributed by atoms with E-state index < -0.39 is 10.0 Å². The van der Waals surface area contributed by atoms with Crippen LogP contribution in [-0.4, -0.2) is 44.5 Å². The van der Waals surface area contributed by atoms with Gasteiger partial charge in [-0.25, -0.2) is 8.42 Å². The minimum Gasteiger partial charge on any atom is -0.292 e. The first-order chi connectivity index (χ1) is 13.5. The molecule has 2 aromatic carbocycles. The van der Waals surface area contributed by atoms with Crippen molar-refractivity contribution in [3.05, 3.63) is 60.2 Å². The van der Waals surface area contributed by atoms with E-state index in [1.807, 2.05) is 23.9 Å². The second-order valence-electron chi connectivity index (χ2n) is 7.01. The zero-order valence-electron chi connectivity index (χ0n) is 16.1. The molecule has 0 atom stereocenters. The first-order valence-electron chi connectivity index (χ1n) is 9.44. The van der Waals surface area contributed by atoms with Crippen LogP contribution in [0.4, 0.5) is 5.69 Å². The lowest BCUT2D eigenvalue weighted by Crippen LogP contribution is -2.35. The third-order valence-electron chi connectivity index (χ3n) is 4.56. The molecule has 1 heterocycles. The van der Waals surface area contributed by atoms with Crippen LogP contribution in [0.3, 0.4) is 0 Å². The fourth-order valence-electron chi connectivity index (χ4n) is 3.11. The Morgan fingerprint density at radius 1 is 1.04 bits per heavy atom. The standard InChI is InChI=1S/C22H26N2O2S2/c1-28(25,26)23-20-12-10-19(11-13-20)7-5-6-16-24-17-14-22(15-18-24)27-21-8-3-2-4-9-21/h2-4,8-13,22-23H,7,14-18H2,1H3. The zero-order chi connectivity index (χ0) is 19.8. The molecule has 0 radical (unpaired) electrons. The molecule has 148 valence electrons. The van der Waals surface area contributed by atoms with Gasteiger partial charge in [0, 0.05) is 35.3 Å². The van der Waals surface area contributed by atoms with Crippen LogP contribution in [0, 0.1) is 11.8 Å². The van der Waals surface area contributed by atoms with E-state index in [-0.39, 0.29) is 0 Å². The third-order valence-corrected chi connectivity index (χ3v) is 6.51. The number of benzene rings is 2. The smallest absolute Gasteiger partial charge is 0.229 e. The van der Waals surface area contributed by atoms with Crippen molar-refractivity contribution in [3.8, 4) is 11.8 Å². The zero-order valence-corrected chi connectivity index (χ0v) is 17.7. The van der Waals surface area contributed by atoms with Crippen LogP contribution < -0.4 is 4.72 Å². The van der Waals surface area contributed by atoms with E-state index >= 15 is 0 Å². The van der Waals surface area contributed by atoms with Gasteiger partial charge in [-0.05, 0) is 42.7 Å². The molecule has 0 aliphatic carbocycles. The Morgan fingerprint density at radius 2 is 1.71 bits per heavy atom. The molecule has 0 amide bonds. The van der Waals surface area contributed by atoms with Gasteiger partial charge in [-0.3, -0.25) is 9.62 Å². The van der Waals surface area contributed by atoms with Crippen molar-refractivity contribution in [2.75, 3.05) is 30.6 Å². The van der Waals surface area contributed by atoms with Crippen molar-refractivity contribution in [2.24, 2.45) is 0 Å². The van der Waals surface area contributed by atoms with Crippen molar-refractivity contribution < 1.29 is 8.42 Å². The maximum absolute atomic E-state index is 11.2. The summed E-state index contributed by atoms with van der Waals surface area (Å²) in [5, 5.41) is 0.700. The summed E-state index contributed by atoms with van der Waals surface area (Å²) in [4.78, 5) is 3.78. The van der Waals surface area contributed by atoms with Crippen molar-refractivity contribution >= 4 is 27.5 Å². The highest BCUT2D eigenvalue weighted by Gasteiger charge is 2.19. The van der Waals surface area contributed by atoms with Crippen LogP contribution in [-0.2, 0) is 16.4 Å². The maximum Gasteiger partial charge on any atom is 0.229 e. The summed E-state index contributed by atoms with van der Waals surface area (Å²) >= 11 is 1.99. The van der Waals surface area contributed by atoms with E-state index in [1.54, 1.807) is 12.1 Å².